The second-order valence-corrected chi connectivity index (χ2v) is 3.52. The predicted molar refractivity (Wildman–Crippen MR) is 52.6 cm³/mol. The highest BCUT2D eigenvalue weighted by molar-refractivity contribution is 5.02. The molecule has 0 bridgehead atoms. The first-order chi connectivity index (χ1) is 5.16. The van der Waals surface area contributed by atoms with E-state index in [9.17, 15) is 0 Å². The van der Waals surface area contributed by atoms with Gasteiger partial charge in [-0.3, -0.25) is 0 Å². The normalized spacial score (nSPS) is 15.4. The average molecular weight is 152 g/mol. The SMILES string of the molecule is C/C=C\C=C/C(C)CC(C)C. The molecule has 0 spiro atoms. The van der Waals surface area contributed by atoms with E-state index in [0.29, 0.717) is 5.92 Å². The van der Waals surface area contributed by atoms with Gasteiger partial charge < -0.3 is 0 Å². The molecule has 1 unspecified atom stereocenters. The summed E-state index contributed by atoms with van der Waals surface area (Å²) in [5.41, 5.74) is 0. The quantitative estimate of drug-likeness (QED) is 0.537. The zero-order valence-corrected chi connectivity index (χ0v) is 8.17. The molecule has 0 amide bonds. The third kappa shape index (κ3) is 7.38. The van der Waals surface area contributed by atoms with Gasteiger partial charge in [0.1, 0.15) is 0 Å². The van der Waals surface area contributed by atoms with Crippen LogP contribution in [-0.4, -0.2) is 0 Å². The maximum atomic E-state index is 2.26. The number of allylic oxidation sites excluding steroid dienone is 4. The molecule has 64 valence electrons. The molecule has 0 aromatic carbocycles. The Labute approximate surface area is 71.0 Å². The molecule has 0 nitrogen and oxygen atoms in total. The van der Waals surface area contributed by atoms with E-state index in [-0.39, 0.29) is 0 Å². The van der Waals surface area contributed by atoms with Crippen LogP contribution >= 0.6 is 0 Å². The Kier molecular flexibility index (Phi) is 5.91. The van der Waals surface area contributed by atoms with Gasteiger partial charge in [0.25, 0.3) is 0 Å². The summed E-state index contributed by atoms with van der Waals surface area (Å²) < 4.78 is 0. The van der Waals surface area contributed by atoms with Crippen LogP contribution in [-0.2, 0) is 0 Å². The first-order valence-electron chi connectivity index (χ1n) is 4.46. The maximum Gasteiger partial charge on any atom is -0.0256 e. The Morgan fingerprint density at radius 3 is 2.18 bits per heavy atom. The van der Waals surface area contributed by atoms with E-state index in [1.807, 2.05) is 6.92 Å². The van der Waals surface area contributed by atoms with Crippen molar-refractivity contribution in [1.82, 2.24) is 0 Å². The van der Waals surface area contributed by atoms with Crippen LogP contribution in [0.1, 0.15) is 34.1 Å². The van der Waals surface area contributed by atoms with Gasteiger partial charge in [0, 0.05) is 0 Å². The molecule has 0 aromatic rings. The van der Waals surface area contributed by atoms with Gasteiger partial charge in [-0.2, -0.15) is 0 Å². The van der Waals surface area contributed by atoms with Gasteiger partial charge in [-0.05, 0) is 25.2 Å². The van der Waals surface area contributed by atoms with Crippen molar-refractivity contribution < 1.29 is 0 Å². The largest absolute Gasteiger partial charge is 0.0877 e. The Morgan fingerprint density at radius 2 is 1.73 bits per heavy atom. The lowest BCUT2D eigenvalue weighted by Crippen LogP contribution is -1.95. The Hall–Kier alpha value is -0.520. The van der Waals surface area contributed by atoms with Crippen molar-refractivity contribution in [3.05, 3.63) is 24.3 Å². The first kappa shape index (κ1) is 10.5. The molecule has 0 N–H and O–H groups in total. The molecular weight excluding hydrogens is 132 g/mol. The smallest absolute Gasteiger partial charge is 0.0256 e. The lowest BCUT2D eigenvalue weighted by molar-refractivity contribution is 0.503. The molecule has 11 heavy (non-hydrogen) atoms. The third-order valence-electron chi connectivity index (χ3n) is 1.59. The zero-order valence-electron chi connectivity index (χ0n) is 8.17. The number of rotatable bonds is 4. The molecule has 0 aliphatic carbocycles. The van der Waals surface area contributed by atoms with Crippen LogP contribution < -0.4 is 0 Å². The molecule has 0 heterocycles. The fourth-order valence-corrected chi connectivity index (χ4v) is 1.19. The lowest BCUT2D eigenvalue weighted by atomic mass is 9.99. The lowest BCUT2D eigenvalue weighted by Gasteiger charge is -2.07. The molecular formula is C11H20. The van der Waals surface area contributed by atoms with Crippen molar-refractivity contribution >= 4 is 0 Å². The molecule has 0 aromatic heterocycles. The average Bonchev–Trinajstić information content (AvgIpc) is 1.86. The van der Waals surface area contributed by atoms with Crippen molar-refractivity contribution in [3.63, 3.8) is 0 Å². The molecule has 0 radical (unpaired) electrons. The van der Waals surface area contributed by atoms with E-state index in [2.05, 4.69) is 45.1 Å². The molecule has 0 saturated heterocycles. The number of hydrogen-bond acceptors (Lipinski definition) is 0. The van der Waals surface area contributed by atoms with Gasteiger partial charge in [0.2, 0.25) is 0 Å². The van der Waals surface area contributed by atoms with Crippen molar-refractivity contribution in [2.45, 2.75) is 34.1 Å². The van der Waals surface area contributed by atoms with Crippen LogP contribution in [0, 0.1) is 11.8 Å². The summed E-state index contributed by atoms with van der Waals surface area (Å²) in [6, 6.07) is 0. The van der Waals surface area contributed by atoms with Crippen LogP contribution in [0.2, 0.25) is 0 Å². The minimum Gasteiger partial charge on any atom is -0.0877 e. The molecule has 0 aliphatic rings. The van der Waals surface area contributed by atoms with Crippen LogP contribution in [0.5, 0.6) is 0 Å². The summed E-state index contributed by atoms with van der Waals surface area (Å²) in [6.07, 6.45) is 9.82. The fourth-order valence-electron chi connectivity index (χ4n) is 1.19. The molecule has 0 aliphatic heterocycles. The van der Waals surface area contributed by atoms with Crippen molar-refractivity contribution in [1.29, 1.82) is 0 Å². The molecule has 0 fully saturated rings. The Morgan fingerprint density at radius 1 is 1.09 bits per heavy atom. The minimum atomic E-state index is 0.714. The van der Waals surface area contributed by atoms with E-state index < -0.39 is 0 Å². The molecule has 1 atom stereocenters. The van der Waals surface area contributed by atoms with Gasteiger partial charge >= 0.3 is 0 Å². The monoisotopic (exact) mass is 152 g/mol. The summed E-state index contributed by atoms with van der Waals surface area (Å²) in [5.74, 6) is 1.52. The van der Waals surface area contributed by atoms with Crippen LogP contribution in [0.3, 0.4) is 0 Å². The zero-order chi connectivity index (χ0) is 8.69. The van der Waals surface area contributed by atoms with Gasteiger partial charge in [0.05, 0.1) is 0 Å². The second kappa shape index (κ2) is 6.21. The number of hydrogen-bond donors (Lipinski definition) is 0. The van der Waals surface area contributed by atoms with E-state index in [4.69, 9.17) is 0 Å². The summed E-state index contributed by atoms with van der Waals surface area (Å²) in [4.78, 5) is 0. The molecule has 0 saturated carbocycles. The fraction of sp³-hybridized carbons (Fsp3) is 0.636. The molecule has 0 rings (SSSR count). The Balaban J connectivity index is 3.59. The first-order valence-corrected chi connectivity index (χ1v) is 4.46. The van der Waals surface area contributed by atoms with Crippen molar-refractivity contribution in [2.24, 2.45) is 11.8 Å². The standard InChI is InChI=1S/C11H20/c1-5-6-7-8-11(4)9-10(2)3/h5-8,10-11H,9H2,1-4H3/b6-5-,8-7-. The summed E-state index contributed by atoms with van der Waals surface area (Å²) in [7, 11) is 0. The summed E-state index contributed by atoms with van der Waals surface area (Å²) in [6.45, 7) is 8.83. The van der Waals surface area contributed by atoms with E-state index >= 15 is 0 Å². The Bertz CT molecular complexity index is 129. The third-order valence-corrected chi connectivity index (χ3v) is 1.59. The van der Waals surface area contributed by atoms with E-state index in [0.717, 1.165) is 5.92 Å². The van der Waals surface area contributed by atoms with Crippen LogP contribution in [0.15, 0.2) is 24.3 Å². The second-order valence-electron chi connectivity index (χ2n) is 3.52. The van der Waals surface area contributed by atoms with E-state index in [1.54, 1.807) is 0 Å². The van der Waals surface area contributed by atoms with Gasteiger partial charge in [-0.25, -0.2) is 0 Å². The summed E-state index contributed by atoms with van der Waals surface area (Å²) in [5, 5.41) is 0. The highest BCUT2D eigenvalue weighted by Gasteiger charge is 1.98. The van der Waals surface area contributed by atoms with Gasteiger partial charge in [0.15, 0.2) is 0 Å². The highest BCUT2D eigenvalue weighted by Crippen LogP contribution is 2.11. The predicted octanol–water partition coefficient (Wildman–Crippen LogP) is 3.80. The van der Waals surface area contributed by atoms with Crippen molar-refractivity contribution in [3.8, 4) is 0 Å². The molecule has 0 heteroatoms. The van der Waals surface area contributed by atoms with Crippen LogP contribution in [0.4, 0.5) is 0 Å². The van der Waals surface area contributed by atoms with Crippen LogP contribution in [0.25, 0.3) is 0 Å². The van der Waals surface area contributed by atoms with Gasteiger partial charge in [-0.15, -0.1) is 0 Å². The minimum absolute atomic E-state index is 0.714. The summed E-state index contributed by atoms with van der Waals surface area (Å²) >= 11 is 0. The van der Waals surface area contributed by atoms with E-state index in [1.165, 1.54) is 6.42 Å². The van der Waals surface area contributed by atoms with Gasteiger partial charge in [-0.1, -0.05) is 45.1 Å². The maximum absolute atomic E-state index is 2.26. The van der Waals surface area contributed by atoms with Crippen molar-refractivity contribution in [2.75, 3.05) is 0 Å². The topological polar surface area (TPSA) is 0 Å². The highest BCUT2D eigenvalue weighted by atomic mass is 14.0.